The van der Waals surface area contributed by atoms with Crippen molar-refractivity contribution in [2.24, 2.45) is 5.84 Å². The molecule has 0 aliphatic carbocycles. The van der Waals surface area contributed by atoms with Crippen LogP contribution in [0.2, 0.25) is 0 Å². The Morgan fingerprint density at radius 3 is 2.95 bits per heavy atom. The Morgan fingerprint density at radius 1 is 1.53 bits per heavy atom. The molecule has 0 saturated heterocycles. The van der Waals surface area contributed by atoms with Gasteiger partial charge in [0.25, 0.3) is 5.91 Å². The highest BCUT2D eigenvalue weighted by atomic mass is 16.1. The van der Waals surface area contributed by atoms with Gasteiger partial charge in [0.2, 0.25) is 0 Å². The van der Waals surface area contributed by atoms with E-state index in [2.05, 4.69) is 20.7 Å². The van der Waals surface area contributed by atoms with E-state index in [-0.39, 0.29) is 11.9 Å². The van der Waals surface area contributed by atoms with E-state index in [0.717, 1.165) is 0 Å². The lowest BCUT2D eigenvalue weighted by Gasteiger charge is -2.14. The van der Waals surface area contributed by atoms with E-state index in [1.54, 1.807) is 24.7 Å². The van der Waals surface area contributed by atoms with Crippen LogP contribution in [0.25, 0.3) is 0 Å². The third-order valence-corrected chi connectivity index (χ3v) is 2.58. The SMILES string of the molecule is CC(Cn1ccnc1)NC(=O)c1ccc(NN)cn1. The molecule has 0 bridgehead atoms. The number of hydrogen-bond donors (Lipinski definition) is 3. The summed E-state index contributed by atoms with van der Waals surface area (Å²) in [7, 11) is 0. The van der Waals surface area contributed by atoms with Crippen LogP contribution in [0.4, 0.5) is 5.69 Å². The standard InChI is InChI=1S/C12H16N6O/c1-9(7-18-5-4-14-8-18)16-12(19)11-3-2-10(17-13)6-15-11/h2-6,8-9,17H,7,13H2,1H3,(H,16,19). The predicted octanol–water partition coefficient (Wildman–Crippen LogP) is 0.382. The van der Waals surface area contributed by atoms with E-state index >= 15 is 0 Å². The molecular formula is C12H16N6O. The number of carbonyl (C=O) groups excluding carboxylic acids is 1. The van der Waals surface area contributed by atoms with Crippen molar-refractivity contribution in [2.75, 3.05) is 5.43 Å². The van der Waals surface area contributed by atoms with Crippen LogP contribution in [0.1, 0.15) is 17.4 Å². The van der Waals surface area contributed by atoms with E-state index in [1.807, 2.05) is 17.7 Å². The van der Waals surface area contributed by atoms with E-state index in [0.29, 0.717) is 17.9 Å². The topological polar surface area (TPSA) is 97.9 Å². The van der Waals surface area contributed by atoms with Crippen molar-refractivity contribution >= 4 is 11.6 Å². The van der Waals surface area contributed by atoms with Crippen LogP contribution in [0, 0.1) is 0 Å². The monoisotopic (exact) mass is 260 g/mol. The third-order valence-electron chi connectivity index (χ3n) is 2.58. The van der Waals surface area contributed by atoms with Gasteiger partial charge in [0.05, 0.1) is 18.2 Å². The van der Waals surface area contributed by atoms with Crippen molar-refractivity contribution in [2.45, 2.75) is 19.5 Å². The fourth-order valence-corrected chi connectivity index (χ4v) is 1.67. The van der Waals surface area contributed by atoms with Crippen molar-refractivity contribution in [3.63, 3.8) is 0 Å². The maximum Gasteiger partial charge on any atom is 0.270 e. The second-order valence-electron chi connectivity index (χ2n) is 4.21. The molecule has 0 aliphatic rings. The van der Waals surface area contributed by atoms with Crippen molar-refractivity contribution in [1.29, 1.82) is 0 Å². The largest absolute Gasteiger partial charge is 0.346 e. The number of hydrazine groups is 1. The average molecular weight is 260 g/mol. The number of amides is 1. The Labute approximate surface area is 110 Å². The molecule has 0 aromatic carbocycles. The zero-order valence-electron chi connectivity index (χ0n) is 10.6. The molecule has 0 radical (unpaired) electrons. The maximum absolute atomic E-state index is 11.9. The first-order valence-corrected chi connectivity index (χ1v) is 5.88. The van der Waals surface area contributed by atoms with Gasteiger partial charge < -0.3 is 15.3 Å². The molecule has 2 heterocycles. The van der Waals surface area contributed by atoms with Gasteiger partial charge in [-0.25, -0.2) is 9.97 Å². The second kappa shape index (κ2) is 5.96. The van der Waals surface area contributed by atoms with Gasteiger partial charge in [0, 0.05) is 25.0 Å². The molecular weight excluding hydrogens is 244 g/mol. The summed E-state index contributed by atoms with van der Waals surface area (Å²) in [5, 5.41) is 2.87. The first-order valence-electron chi connectivity index (χ1n) is 5.88. The number of aromatic nitrogens is 3. The highest BCUT2D eigenvalue weighted by molar-refractivity contribution is 5.92. The highest BCUT2D eigenvalue weighted by Gasteiger charge is 2.11. The Bertz CT molecular complexity index is 522. The first kappa shape index (κ1) is 13.0. The van der Waals surface area contributed by atoms with Crippen LogP contribution in [0.3, 0.4) is 0 Å². The predicted molar refractivity (Wildman–Crippen MR) is 71.2 cm³/mol. The number of nitrogens with two attached hydrogens (primary N) is 1. The smallest absolute Gasteiger partial charge is 0.270 e. The molecule has 0 aliphatic heterocycles. The fourth-order valence-electron chi connectivity index (χ4n) is 1.67. The van der Waals surface area contributed by atoms with Gasteiger partial charge >= 0.3 is 0 Å². The zero-order chi connectivity index (χ0) is 13.7. The third kappa shape index (κ3) is 3.52. The quantitative estimate of drug-likeness (QED) is 0.533. The van der Waals surface area contributed by atoms with Gasteiger partial charge in [-0.3, -0.25) is 10.6 Å². The van der Waals surface area contributed by atoms with Gasteiger partial charge in [-0.1, -0.05) is 0 Å². The molecule has 2 aromatic rings. The summed E-state index contributed by atoms with van der Waals surface area (Å²) in [6.07, 6.45) is 6.77. The van der Waals surface area contributed by atoms with Gasteiger partial charge in [-0.2, -0.15) is 0 Å². The molecule has 7 nitrogen and oxygen atoms in total. The Hall–Kier alpha value is -2.41. The molecule has 2 rings (SSSR count). The summed E-state index contributed by atoms with van der Waals surface area (Å²) in [6, 6.07) is 3.30. The maximum atomic E-state index is 11.9. The summed E-state index contributed by atoms with van der Waals surface area (Å²) in [4.78, 5) is 19.9. The van der Waals surface area contributed by atoms with Gasteiger partial charge in [-0.05, 0) is 19.1 Å². The summed E-state index contributed by atoms with van der Waals surface area (Å²) in [5.74, 6) is 5.02. The molecule has 0 fully saturated rings. The molecule has 7 heteroatoms. The summed E-state index contributed by atoms with van der Waals surface area (Å²) in [5.41, 5.74) is 3.47. The molecule has 0 spiro atoms. The van der Waals surface area contributed by atoms with Crippen LogP contribution in [-0.2, 0) is 6.54 Å². The molecule has 2 aromatic heterocycles. The molecule has 4 N–H and O–H groups in total. The molecule has 1 atom stereocenters. The first-order chi connectivity index (χ1) is 9.19. The van der Waals surface area contributed by atoms with Crippen molar-refractivity contribution in [3.8, 4) is 0 Å². The molecule has 1 amide bonds. The lowest BCUT2D eigenvalue weighted by atomic mass is 10.2. The lowest BCUT2D eigenvalue weighted by Crippen LogP contribution is -2.35. The van der Waals surface area contributed by atoms with E-state index < -0.39 is 0 Å². The van der Waals surface area contributed by atoms with Crippen molar-refractivity contribution in [3.05, 3.63) is 42.7 Å². The zero-order valence-corrected chi connectivity index (χ0v) is 10.6. The van der Waals surface area contributed by atoms with Crippen LogP contribution < -0.4 is 16.6 Å². The number of anilines is 1. The highest BCUT2D eigenvalue weighted by Crippen LogP contribution is 2.04. The van der Waals surface area contributed by atoms with Crippen molar-refractivity contribution < 1.29 is 4.79 Å². The van der Waals surface area contributed by atoms with Gasteiger partial charge in [0.1, 0.15) is 5.69 Å². The van der Waals surface area contributed by atoms with Crippen LogP contribution in [-0.4, -0.2) is 26.5 Å². The minimum atomic E-state index is -0.212. The van der Waals surface area contributed by atoms with Crippen molar-refractivity contribution in [1.82, 2.24) is 19.9 Å². The number of nitrogens with one attached hydrogen (secondary N) is 2. The Kier molecular flexibility index (Phi) is 4.09. The minimum Gasteiger partial charge on any atom is -0.346 e. The number of nitrogen functional groups attached to an aromatic ring is 1. The molecule has 19 heavy (non-hydrogen) atoms. The number of rotatable bonds is 5. The van der Waals surface area contributed by atoms with Crippen LogP contribution >= 0.6 is 0 Å². The van der Waals surface area contributed by atoms with Gasteiger partial charge in [-0.15, -0.1) is 0 Å². The summed E-state index contributed by atoms with van der Waals surface area (Å²) < 4.78 is 1.90. The van der Waals surface area contributed by atoms with E-state index in [1.165, 1.54) is 6.20 Å². The van der Waals surface area contributed by atoms with Crippen LogP contribution in [0.5, 0.6) is 0 Å². The number of hydrogen-bond acceptors (Lipinski definition) is 5. The lowest BCUT2D eigenvalue weighted by molar-refractivity contribution is 0.0931. The van der Waals surface area contributed by atoms with E-state index in [9.17, 15) is 4.79 Å². The fraction of sp³-hybridized carbons (Fsp3) is 0.250. The number of imidazole rings is 1. The van der Waals surface area contributed by atoms with E-state index in [4.69, 9.17) is 5.84 Å². The van der Waals surface area contributed by atoms with Crippen LogP contribution in [0.15, 0.2) is 37.1 Å². The molecule has 100 valence electrons. The second-order valence-corrected chi connectivity index (χ2v) is 4.21. The average Bonchev–Trinajstić information content (AvgIpc) is 2.91. The molecule has 1 unspecified atom stereocenters. The normalized spacial score (nSPS) is 11.9. The minimum absolute atomic E-state index is 0.0178. The summed E-state index contributed by atoms with van der Waals surface area (Å²) in [6.45, 7) is 2.59. The Morgan fingerprint density at radius 2 is 2.37 bits per heavy atom. The number of nitrogens with zero attached hydrogens (tertiary/aromatic N) is 3. The number of pyridine rings is 1. The Balaban J connectivity index is 1.92. The molecule has 0 saturated carbocycles. The summed E-state index contributed by atoms with van der Waals surface area (Å²) >= 11 is 0. The van der Waals surface area contributed by atoms with Gasteiger partial charge in [0.15, 0.2) is 0 Å². The number of carbonyl (C=O) groups is 1.